The zero-order chi connectivity index (χ0) is 18.1. The van der Waals surface area contributed by atoms with E-state index in [1.165, 1.54) is 11.3 Å². The Morgan fingerprint density at radius 3 is 2.96 bits per heavy atom. The predicted molar refractivity (Wildman–Crippen MR) is 99.7 cm³/mol. The Hall–Kier alpha value is -2.51. The van der Waals surface area contributed by atoms with E-state index < -0.39 is 0 Å². The molecule has 3 heterocycles. The molecule has 7 heteroatoms. The van der Waals surface area contributed by atoms with Gasteiger partial charge in [-0.1, -0.05) is 0 Å². The number of aryl methyl sites for hydroxylation is 1. The fraction of sp³-hybridized carbons (Fsp3) is 0.316. The molecule has 0 bridgehead atoms. The first kappa shape index (κ1) is 16.9. The van der Waals surface area contributed by atoms with Crippen LogP contribution in [0, 0.1) is 12.8 Å². The summed E-state index contributed by atoms with van der Waals surface area (Å²) in [6.07, 6.45) is 3.73. The molecule has 1 unspecified atom stereocenters. The van der Waals surface area contributed by atoms with Gasteiger partial charge < -0.3 is 15.2 Å². The molecule has 6 nitrogen and oxygen atoms in total. The molecule has 1 amide bonds. The summed E-state index contributed by atoms with van der Waals surface area (Å²) in [7, 11) is 0. The van der Waals surface area contributed by atoms with E-state index in [-0.39, 0.29) is 24.2 Å². The van der Waals surface area contributed by atoms with Crippen LogP contribution in [0.15, 0.2) is 35.8 Å². The number of fused-ring (bicyclic) bond motifs is 1. The van der Waals surface area contributed by atoms with Gasteiger partial charge in [0.05, 0.1) is 29.1 Å². The minimum atomic E-state index is -0.295. The van der Waals surface area contributed by atoms with Crippen LogP contribution in [0.3, 0.4) is 0 Å². The van der Waals surface area contributed by atoms with Gasteiger partial charge in [0, 0.05) is 11.8 Å². The van der Waals surface area contributed by atoms with Crippen molar-refractivity contribution in [2.75, 3.05) is 6.61 Å². The summed E-state index contributed by atoms with van der Waals surface area (Å²) >= 11 is 1.51. The molecule has 0 aliphatic heterocycles. The predicted octanol–water partition coefficient (Wildman–Crippen LogP) is 3.29. The van der Waals surface area contributed by atoms with E-state index in [1.54, 1.807) is 12.3 Å². The van der Waals surface area contributed by atoms with E-state index in [0.29, 0.717) is 22.9 Å². The molecule has 1 saturated carbocycles. The summed E-state index contributed by atoms with van der Waals surface area (Å²) in [6.45, 7) is 1.85. The fourth-order valence-corrected chi connectivity index (χ4v) is 3.60. The third kappa shape index (κ3) is 3.54. The topological polar surface area (TPSA) is 84.3 Å². The summed E-state index contributed by atoms with van der Waals surface area (Å²) < 4.78 is 6.84. The van der Waals surface area contributed by atoms with Gasteiger partial charge in [-0.25, -0.2) is 4.98 Å². The highest BCUT2D eigenvalue weighted by atomic mass is 32.1. The van der Waals surface area contributed by atoms with Gasteiger partial charge in [0.25, 0.3) is 5.91 Å². The van der Waals surface area contributed by atoms with Gasteiger partial charge in [-0.2, -0.15) is 0 Å². The molecule has 1 aliphatic rings. The number of hydrogen-bond acceptors (Lipinski definition) is 6. The van der Waals surface area contributed by atoms with Crippen molar-refractivity contribution in [2.24, 2.45) is 5.92 Å². The summed E-state index contributed by atoms with van der Waals surface area (Å²) in [4.78, 5) is 21.3. The van der Waals surface area contributed by atoms with Crippen LogP contribution < -0.4 is 10.1 Å². The number of carbonyl (C=O) groups excluding carboxylic acids is 1. The van der Waals surface area contributed by atoms with Gasteiger partial charge in [0.15, 0.2) is 0 Å². The Balaban J connectivity index is 1.63. The second-order valence-electron chi connectivity index (χ2n) is 6.48. The average Bonchev–Trinajstić information content (AvgIpc) is 3.37. The van der Waals surface area contributed by atoms with Crippen molar-refractivity contribution in [3.63, 3.8) is 0 Å². The van der Waals surface area contributed by atoms with Crippen molar-refractivity contribution in [1.29, 1.82) is 0 Å². The molecule has 1 atom stereocenters. The number of nitrogens with zero attached hydrogens (tertiary/aromatic N) is 2. The number of hydrogen-bond donors (Lipinski definition) is 2. The lowest BCUT2D eigenvalue weighted by Gasteiger charge is -2.15. The van der Waals surface area contributed by atoms with Gasteiger partial charge in [0.1, 0.15) is 17.2 Å². The fourth-order valence-electron chi connectivity index (χ4n) is 2.81. The molecule has 3 aromatic rings. The molecule has 1 aliphatic carbocycles. The molecule has 3 aromatic heterocycles. The SMILES string of the molecule is Cc1ccc(Oc2cc(C(=O)NC(CO)C3CC3)nc3ccsc23)cn1. The van der Waals surface area contributed by atoms with Gasteiger partial charge >= 0.3 is 0 Å². The third-order valence-electron chi connectivity index (χ3n) is 4.43. The molecule has 0 saturated heterocycles. The van der Waals surface area contributed by atoms with Crippen molar-refractivity contribution in [3.8, 4) is 11.5 Å². The Morgan fingerprint density at radius 2 is 2.27 bits per heavy atom. The Bertz CT molecular complexity index is 935. The number of nitrogens with one attached hydrogen (secondary N) is 1. The van der Waals surface area contributed by atoms with Gasteiger partial charge in [-0.15, -0.1) is 11.3 Å². The van der Waals surface area contributed by atoms with Crippen LogP contribution >= 0.6 is 11.3 Å². The maximum atomic E-state index is 12.6. The van der Waals surface area contributed by atoms with E-state index in [9.17, 15) is 9.90 Å². The number of aromatic nitrogens is 2. The molecule has 0 radical (unpaired) electrons. The average molecular weight is 369 g/mol. The Kier molecular flexibility index (Phi) is 4.57. The summed E-state index contributed by atoms with van der Waals surface area (Å²) in [5.74, 6) is 1.25. The molecule has 0 spiro atoms. The van der Waals surface area contributed by atoms with Gasteiger partial charge in [-0.05, 0) is 49.3 Å². The van der Waals surface area contributed by atoms with Crippen LogP contribution in [0.4, 0.5) is 0 Å². The van der Waals surface area contributed by atoms with Gasteiger partial charge in [0.2, 0.25) is 0 Å². The lowest BCUT2D eigenvalue weighted by Crippen LogP contribution is -2.39. The lowest BCUT2D eigenvalue weighted by atomic mass is 10.2. The summed E-state index contributed by atoms with van der Waals surface area (Å²) in [5, 5.41) is 14.3. The second kappa shape index (κ2) is 7.01. The number of aliphatic hydroxyl groups is 1. The summed E-state index contributed by atoms with van der Waals surface area (Å²) in [6, 6.07) is 7.01. The van der Waals surface area contributed by atoms with E-state index in [1.807, 2.05) is 30.5 Å². The molecule has 4 rings (SSSR count). The van der Waals surface area contributed by atoms with Gasteiger partial charge in [-0.3, -0.25) is 9.78 Å². The summed E-state index contributed by atoms with van der Waals surface area (Å²) in [5.41, 5.74) is 1.90. The highest BCUT2D eigenvalue weighted by Crippen LogP contribution is 2.34. The van der Waals surface area contributed by atoms with Crippen molar-refractivity contribution in [3.05, 3.63) is 47.2 Å². The number of amides is 1. The number of carbonyl (C=O) groups is 1. The van der Waals surface area contributed by atoms with E-state index in [2.05, 4.69) is 15.3 Å². The quantitative estimate of drug-likeness (QED) is 0.696. The lowest BCUT2D eigenvalue weighted by molar-refractivity contribution is 0.0903. The highest BCUT2D eigenvalue weighted by molar-refractivity contribution is 7.17. The molecular formula is C19H19N3O3S. The van der Waals surface area contributed by atoms with Crippen molar-refractivity contribution in [1.82, 2.24) is 15.3 Å². The second-order valence-corrected chi connectivity index (χ2v) is 7.39. The molecule has 26 heavy (non-hydrogen) atoms. The standard InChI is InChI=1S/C19H19N3O3S/c1-11-2-5-13(9-20-11)25-17-8-15(21-14-6-7-26-18(14)17)19(24)22-16(10-23)12-3-4-12/h2,5-9,12,16,23H,3-4,10H2,1H3,(H,22,24). The first-order valence-corrected chi connectivity index (χ1v) is 9.42. The molecular weight excluding hydrogens is 350 g/mol. The van der Waals surface area contributed by atoms with E-state index in [4.69, 9.17) is 4.74 Å². The smallest absolute Gasteiger partial charge is 0.270 e. The van der Waals surface area contributed by atoms with Crippen molar-refractivity contribution in [2.45, 2.75) is 25.8 Å². The normalized spacial score (nSPS) is 15.0. The largest absolute Gasteiger partial charge is 0.454 e. The number of aliphatic hydroxyl groups excluding tert-OH is 1. The molecule has 2 N–H and O–H groups in total. The molecule has 1 fully saturated rings. The number of ether oxygens (including phenoxy) is 1. The maximum Gasteiger partial charge on any atom is 0.270 e. The van der Waals surface area contributed by atoms with Crippen LogP contribution in [0.1, 0.15) is 29.0 Å². The van der Waals surface area contributed by atoms with Crippen LogP contribution in [0.2, 0.25) is 0 Å². The van der Waals surface area contributed by atoms with Crippen molar-refractivity contribution >= 4 is 27.5 Å². The monoisotopic (exact) mass is 369 g/mol. The Labute approximate surface area is 154 Å². The number of thiophene rings is 1. The highest BCUT2D eigenvalue weighted by Gasteiger charge is 2.32. The maximum absolute atomic E-state index is 12.6. The van der Waals surface area contributed by atoms with E-state index in [0.717, 1.165) is 23.2 Å². The van der Waals surface area contributed by atoms with Crippen LogP contribution in [0.5, 0.6) is 11.5 Å². The molecule has 134 valence electrons. The zero-order valence-electron chi connectivity index (χ0n) is 14.3. The minimum Gasteiger partial charge on any atom is -0.454 e. The number of rotatable bonds is 6. The minimum absolute atomic E-state index is 0.0600. The van der Waals surface area contributed by atoms with E-state index >= 15 is 0 Å². The van der Waals surface area contributed by atoms with Crippen molar-refractivity contribution < 1.29 is 14.6 Å². The third-order valence-corrected chi connectivity index (χ3v) is 5.34. The van der Waals surface area contributed by atoms with Crippen LogP contribution in [-0.2, 0) is 0 Å². The first-order chi connectivity index (χ1) is 12.6. The number of pyridine rings is 2. The van der Waals surface area contributed by atoms with Crippen LogP contribution in [-0.4, -0.2) is 33.6 Å². The Morgan fingerprint density at radius 1 is 1.42 bits per heavy atom. The zero-order valence-corrected chi connectivity index (χ0v) is 15.1. The molecule has 0 aromatic carbocycles. The first-order valence-electron chi connectivity index (χ1n) is 8.54. The van der Waals surface area contributed by atoms with Crippen LogP contribution in [0.25, 0.3) is 10.2 Å².